The maximum atomic E-state index is 15.3. The first-order valence-corrected chi connectivity index (χ1v) is 13.6. The van der Waals surface area contributed by atoms with Gasteiger partial charge in [-0.1, -0.05) is 18.7 Å². The van der Waals surface area contributed by atoms with Crippen molar-refractivity contribution in [1.82, 2.24) is 19.5 Å². The zero-order valence-electron chi connectivity index (χ0n) is 21.1. The molecule has 2 aliphatic heterocycles. The average molecular weight is 574 g/mol. The van der Waals surface area contributed by atoms with E-state index in [1.807, 2.05) is 4.57 Å². The zero-order valence-corrected chi connectivity index (χ0v) is 22.0. The molecule has 10 nitrogen and oxygen atoms in total. The fourth-order valence-corrected chi connectivity index (χ4v) is 6.03. The van der Waals surface area contributed by atoms with Crippen LogP contribution in [0.3, 0.4) is 0 Å². The van der Waals surface area contributed by atoms with Gasteiger partial charge in [0.15, 0.2) is 17.8 Å². The highest BCUT2D eigenvalue weighted by Gasteiger charge is 2.42. The number of hydrogen-bond donors (Lipinski definition) is 2. The van der Waals surface area contributed by atoms with Crippen molar-refractivity contribution in [2.75, 3.05) is 0 Å². The second-order valence-corrected chi connectivity index (χ2v) is 11.1. The van der Waals surface area contributed by atoms with E-state index in [-0.39, 0.29) is 22.7 Å². The molecule has 0 aliphatic carbocycles. The van der Waals surface area contributed by atoms with Crippen LogP contribution in [-0.2, 0) is 19.4 Å². The summed E-state index contributed by atoms with van der Waals surface area (Å²) >= 11 is 0. The Morgan fingerprint density at radius 3 is 2.60 bits per heavy atom. The third kappa shape index (κ3) is 4.44. The molecule has 2 aliphatic rings. The van der Waals surface area contributed by atoms with E-state index in [0.29, 0.717) is 40.2 Å². The minimum absolute atomic E-state index is 0.0101. The monoisotopic (exact) mass is 574 g/mol. The normalized spacial score (nSPS) is 18.4. The van der Waals surface area contributed by atoms with Gasteiger partial charge >= 0.3 is 14.4 Å². The molecule has 40 heavy (non-hydrogen) atoms. The van der Waals surface area contributed by atoms with Crippen LogP contribution in [0.5, 0.6) is 5.75 Å². The van der Waals surface area contributed by atoms with Crippen molar-refractivity contribution in [3.05, 3.63) is 77.9 Å². The molecule has 6 rings (SSSR count). The van der Waals surface area contributed by atoms with Gasteiger partial charge in [0.2, 0.25) is 0 Å². The first kappa shape index (κ1) is 26.5. The largest absolute Gasteiger partial charge is 0.482 e. The van der Waals surface area contributed by atoms with Crippen LogP contribution in [0.2, 0.25) is 0 Å². The first-order chi connectivity index (χ1) is 18.8. The van der Waals surface area contributed by atoms with Crippen LogP contribution in [0.25, 0.3) is 27.9 Å². The molecular weight excluding hydrogens is 552 g/mol. The lowest BCUT2D eigenvalue weighted by Crippen LogP contribution is -2.23. The lowest BCUT2D eigenvalue weighted by Gasteiger charge is -2.23. The van der Waals surface area contributed by atoms with Crippen LogP contribution in [0.15, 0.2) is 49.3 Å². The summed E-state index contributed by atoms with van der Waals surface area (Å²) in [5, 5.41) is 0. The predicted octanol–water partition coefficient (Wildman–Crippen LogP) is 5.61. The summed E-state index contributed by atoms with van der Waals surface area (Å²) in [5.74, 6) is 0.163. The molecule has 0 spiro atoms. The number of hydrogen-bond acceptors (Lipinski definition) is 7. The number of fused-ring (bicyclic) bond motifs is 9. The molecular formula is C26H22F3N4O6P. The molecule has 14 heteroatoms. The minimum atomic E-state index is -4.83. The van der Waals surface area contributed by atoms with Crippen LogP contribution in [0, 0.1) is 5.82 Å². The fourth-order valence-electron chi connectivity index (χ4n) is 5.35. The number of nitrogens with zero attached hydrogens (tertiary/aromatic N) is 4. The number of phosphoric ester groups is 1. The van der Waals surface area contributed by atoms with Gasteiger partial charge in [-0.25, -0.2) is 23.9 Å². The molecule has 2 N–H and O–H groups in total. The van der Waals surface area contributed by atoms with Gasteiger partial charge in [-0.2, -0.15) is 8.78 Å². The second kappa shape index (κ2) is 9.13. The van der Waals surface area contributed by atoms with Gasteiger partial charge in [0, 0.05) is 47.1 Å². The molecule has 0 radical (unpaired) electrons. The Balaban J connectivity index is 1.46. The van der Waals surface area contributed by atoms with Crippen molar-refractivity contribution < 1.29 is 41.5 Å². The number of benzene rings is 2. The van der Waals surface area contributed by atoms with E-state index in [2.05, 4.69) is 21.5 Å². The number of halogens is 3. The van der Waals surface area contributed by atoms with E-state index in [1.165, 1.54) is 38.4 Å². The van der Waals surface area contributed by atoms with Crippen molar-refractivity contribution in [3.8, 4) is 16.9 Å². The summed E-state index contributed by atoms with van der Waals surface area (Å²) in [7, 11) is -4.83. The summed E-state index contributed by atoms with van der Waals surface area (Å²) in [6.07, 6.45) is 2.48. The number of phosphoric acid groups is 1. The highest BCUT2D eigenvalue weighted by Crippen LogP contribution is 2.52. The van der Waals surface area contributed by atoms with E-state index < -0.39 is 38.0 Å². The zero-order chi connectivity index (χ0) is 28.6. The standard InChI is InChI=1S/C26H22F3N4O6P/c1-12-14-5-4-6-20(38-25(28)29)22(14)19-9-21(37-12)23-32-17-8-16(27)15(7-18(17)33(19)23)13-10-30-24(31-11-13)26(2,3)39-40(34,35)36/h4-8,10-11,19,21,25H,1,9H2,2-3H3,(H2,34,35,36)/t19-,21?/m1/s1. The Labute approximate surface area is 225 Å². The summed E-state index contributed by atoms with van der Waals surface area (Å²) in [6, 6.07) is 7.08. The van der Waals surface area contributed by atoms with E-state index in [9.17, 15) is 23.1 Å². The van der Waals surface area contributed by atoms with E-state index >= 15 is 4.39 Å². The van der Waals surface area contributed by atoms with Gasteiger partial charge in [-0.15, -0.1) is 0 Å². The Morgan fingerprint density at radius 1 is 1.20 bits per heavy atom. The fraction of sp³-hybridized carbons (Fsp3) is 0.269. The van der Waals surface area contributed by atoms with Crippen molar-refractivity contribution in [1.29, 1.82) is 0 Å². The lowest BCUT2D eigenvalue weighted by molar-refractivity contribution is -0.0507. The summed E-state index contributed by atoms with van der Waals surface area (Å²) < 4.78 is 70.8. The molecule has 2 aromatic heterocycles. The van der Waals surface area contributed by atoms with Gasteiger partial charge in [0.05, 0.1) is 17.1 Å². The van der Waals surface area contributed by atoms with Crippen molar-refractivity contribution in [3.63, 3.8) is 0 Å². The van der Waals surface area contributed by atoms with Crippen LogP contribution >= 0.6 is 7.82 Å². The highest BCUT2D eigenvalue weighted by atomic mass is 31.2. The van der Waals surface area contributed by atoms with E-state index in [0.717, 1.165) is 0 Å². The topological polar surface area (TPSA) is 129 Å². The average Bonchev–Trinajstić information content (AvgIpc) is 3.33. The highest BCUT2D eigenvalue weighted by molar-refractivity contribution is 7.46. The van der Waals surface area contributed by atoms with Gasteiger partial charge < -0.3 is 23.8 Å². The predicted molar refractivity (Wildman–Crippen MR) is 136 cm³/mol. The van der Waals surface area contributed by atoms with Gasteiger partial charge in [0.1, 0.15) is 22.9 Å². The molecule has 208 valence electrons. The molecule has 1 unspecified atom stereocenters. The molecule has 0 fully saturated rings. The molecule has 2 bridgehead atoms. The van der Waals surface area contributed by atoms with Crippen molar-refractivity contribution in [2.24, 2.45) is 0 Å². The maximum absolute atomic E-state index is 15.3. The number of ether oxygens (including phenoxy) is 2. The Kier molecular flexibility index (Phi) is 6.04. The number of rotatable bonds is 6. The Hall–Kier alpha value is -3.77. The maximum Gasteiger partial charge on any atom is 0.470 e. The van der Waals surface area contributed by atoms with Crippen LogP contribution in [-0.4, -0.2) is 35.9 Å². The van der Waals surface area contributed by atoms with Crippen LogP contribution < -0.4 is 4.74 Å². The van der Waals surface area contributed by atoms with Gasteiger partial charge in [0.25, 0.3) is 0 Å². The summed E-state index contributed by atoms with van der Waals surface area (Å²) in [4.78, 5) is 31.2. The number of aromatic nitrogens is 4. The molecule has 4 aromatic rings. The first-order valence-electron chi connectivity index (χ1n) is 12.1. The lowest BCUT2D eigenvalue weighted by atomic mass is 9.96. The molecule has 0 saturated heterocycles. The third-order valence-electron chi connectivity index (χ3n) is 6.89. The van der Waals surface area contributed by atoms with Crippen LogP contribution in [0.4, 0.5) is 13.2 Å². The second-order valence-electron chi connectivity index (χ2n) is 9.93. The summed E-state index contributed by atoms with van der Waals surface area (Å²) in [6.45, 7) is 3.71. The third-order valence-corrected chi connectivity index (χ3v) is 7.59. The Morgan fingerprint density at radius 2 is 1.93 bits per heavy atom. The quantitative estimate of drug-likeness (QED) is 0.282. The molecule has 0 saturated carbocycles. The van der Waals surface area contributed by atoms with E-state index in [4.69, 9.17) is 14.0 Å². The molecule has 4 heterocycles. The van der Waals surface area contributed by atoms with Crippen molar-refractivity contribution >= 4 is 24.6 Å². The minimum Gasteiger partial charge on any atom is -0.482 e. The van der Waals surface area contributed by atoms with Crippen LogP contribution in [0.1, 0.15) is 55.2 Å². The van der Waals surface area contributed by atoms with Crippen molar-refractivity contribution in [2.45, 2.75) is 44.6 Å². The smallest absolute Gasteiger partial charge is 0.470 e. The summed E-state index contributed by atoms with van der Waals surface area (Å²) in [5.41, 5.74) is 0.779. The number of alkyl halides is 2. The molecule has 2 atom stereocenters. The Bertz CT molecular complexity index is 1720. The molecule has 2 aromatic carbocycles. The van der Waals surface area contributed by atoms with E-state index in [1.54, 1.807) is 18.2 Å². The SMILES string of the molecule is C=C1OC2C[C@H](c3c(OC(F)F)cccc31)n1c2nc2cc(F)c(-c3cnc(C(C)(C)OP(=O)(O)O)nc3)cc21. The van der Waals surface area contributed by atoms with Gasteiger partial charge in [-0.3, -0.25) is 4.52 Å². The van der Waals surface area contributed by atoms with Gasteiger partial charge in [-0.05, 0) is 26.0 Å². The molecule has 0 amide bonds. The number of imidazole rings is 1.